The molecule has 2 aromatic rings. The second-order valence-electron chi connectivity index (χ2n) is 4.90. The van der Waals surface area contributed by atoms with Crippen LogP contribution in [0.25, 0.3) is 11.4 Å². The van der Waals surface area contributed by atoms with Crippen LogP contribution in [-0.4, -0.2) is 15.1 Å². The quantitative estimate of drug-likeness (QED) is 0.664. The average molecular weight is 276 g/mol. The van der Waals surface area contributed by atoms with Gasteiger partial charge in [0.05, 0.1) is 10.5 Å². The van der Waals surface area contributed by atoms with Crippen molar-refractivity contribution in [1.82, 2.24) is 10.1 Å². The van der Waals surface area contributed by atoms with Crippen LogP contribution >= 0.6 is 0 Å². The molecule has 1 aromatic carbocycles. The number of hydrogen-bond donors (Lipinski definition) is 1. The summed E-state index contributed by atoms with van der Waals surface area (Å²) in [5.74, 6) is 0.636. The molecular formula is C13H16N4O3. The van der Waals surface area contributed by atoms with Crippen molar-refractivity contribution in [3.05, 3.63) is 40.3 Å². The molecule has 0 bridgehead atoms. The average Bonchev–Trinajstić information content (AvgIpc) is 2.89. The van der Waals surface area contributed by atoms with Crippen LogP contribution < -0.4 is 5.73 Å². The zero-order chi connectivity index (χ0) is 14.8. The van der Waals surface area contributed by atoms with Crippen molar-refractivity contribution in [1.29, 1.82) is 0 Å². The highest BCUT2D eigenvalue weighted by molar-refractivity contribution is 5.58. The molecule has 1 heterocycles. The van der Waals surface area contributed by atoms with Crippen LogP contribution in [0, 0.1) is 10.1 Å². The number of nitro benzene ring substituents is 1. The van der Waals surface area contributed by atoms with E-state index in [1.165, 1.54) is 12.1 Å². The fourth-order valence-electron chi connectivity index (χ4n) is 1.96. The Labute approximate surface area is 115 Å². The van der Waals surface area contributed by atoms with Gasteiger partial charge in [0.2, 0.25) is 11.7 Å². The molecule has 0 aliphatic rings. The molecule has 7 nitrogen and oxygen atoms in total. The van der Waals surface area contributed by atoms with E-state index < -0.39 is 10.5 Å². The molecule has 0 saturated heterocycles. The molecule has 0 amide bonds. The molecule has 7 heteroatoms. The molecule has 2 N–H and O–H groups in total. The fourth-order valence-corrected chi connectivity index (χ4v) is 1.96. The van der Waals surface area contributed by atoms with Crippen LogP contribution in [0.4, 0.5) is 5.69 Å². The minimum absolute atomic E-state index is 0.0158. The molecule has 0 fully saturated rings. The number of nitrogens with two attached hydrogens (primary N) is 1. The minimum atomic E-state index is -0.694. The largest absolute Gasteiger partial charge is 0.337 e. The van der Waals surface area contributed by atoms with E-state index in [1.54, 1.807) is 12.1 Å². The van der Waals surface area contributed by atoms with Crippen molar-refractivity contribution in [2.75, 3.05) is 0 Å². The van der Waals surface area contributed by atoms with Crippen molar-refractivity contribution < 1.29 is 9.45 Å². The van der Waals surface area contributed by atoms with Crippen LogP contribution in [0.15, 0.2) is 28.8 Å². The maximum Gasteiger partial charge on any atom is 0.270 e. The van der Waals surface area contributed by atoms with Gasteiger partial charge in [-0.3, -0.25) is 10.1 Å². The summed E-state index contributed by atoms with van der Waals surface area (Å²) in [6, 6.07) is 6.09. The monoisotopic (exact) mass is 276 g/mol. The van der Waals surface area contributed by atoms with E-state index in [0.29, 0.717) is 23.7 Å². The predicted octanol–water partition coefficient (Wildman–Crippen LogP) is 2.62. The number of aromatic nitrogens is 2. The Balaban J connectivity index is 2.33. The standard InChI is InChI=1S/C13H16N4O3/c1-3-7-13(2,14)12-15-11(16-20-12)9-5-4-6-10(8-9)17(18)19/h4-6,8H,3,7,14H2,1-2H3. The van der Waals surface area contributed by atoms with Gasteiger partial charge >= 0.3 is 0 Å². The van der Waals surface area contributed by atoms with Crippen LogP contribution in [0.3, 0.4) is 0 Å². The first-order chi connectivity index (χ1) is 9.44. The van der Waals surface area contributed by atoms with Gasteiger partial charge in [0.15, 0.2) is 0 Å². The first kappa shape index (κ1) is 14.1. The van der Waals surface area contributed by atoms with Crippen molar-refractivity contribution in [2.24, 2.45) is 5.73 Å². The van der Waals surface area contributed by atoms with E-state index in [9.17, 15) is 10.1 Å². The van der Waals surface area contributed by atoms with Gasteiger partial charge < -0.3 is 10.3 Å². The second-order valence-corrected chi connectivity index (χ2v) is 4.90. The van der Waals surface area contributed by atoms with Gasteiger partial charge in [0.1, 0.15) is 0 Å². The normalized spacial score (nSPS) is 13.9. The molecule has 0 aliphatic carbocycles. The molecule has 1 atom stereocenters. The Morgan fingerprint density at radius 1 is 1.50 bits per heavy atom. The van der Waals surface area contributed by atoms with E-state index in [4.69, 9.17) is 10.3 Å². The Bertz CT molecular complexity index is 622. The van der Waals surface area contributed by atoms with Gasteiger partial charge in [-0.1, -0.05) is 30.6 Å². The van der Waals surface area contributed by atoms with Gasteiger partial charge in [-0.15, -0.1) is 0 Å². The van der Waals surface area contributed by atoms with E-state index in [-0.39, 0.29) is 5.69 Å². The van der Waals surface area contributed by atoms with Crippen LogP contribution in [0.5, 0.6) is 0 Å². The van der Waals surface area contributed by atoms with E-state index in [2.05, 4.69) is 10.1 Å². The van der Waals surface area contributed by atoms with Crippen molar-refractivity contribution in [3.63, 3.8) is 0 Å². The summed E-state index contributed by atoms with van der Waals surface area (Å²) in [4.78, 5) is 14.5. The number of benzene rings is 1. The lowest BCUT2D eigenvalue weighted by Crippen LogP contribution is -2.33. The van der Waals surface area contributed by atoms with E-state index >= 15 is 0 Å². The number of hydrogen-bond acceptors (Lipinski definition) is 6. The summed E-state index contributed by atoms with van der Waals surface area (Å²) < 4.78 is 5.18. The molecule has 2 rings (SSSR count). The van der Waals surface area contributed by atoms with Gasteiger partial charge in [-0.25, -0.2) is 0 Å². The highest BCUT2D eigenvalue weighted by atomic mass is 16.6. The Kier molecular flexibility index (Phi) is 3.80. The highest BCUT2D eigenvalue weighted by Crippen LogP contribution is 2.26. The zero-order valence-electron chi connectivity index (χ0n) is 11.4. The van der Waals surface area contributed by atoms with Gasteiger partial charge in [-0.05, 0) is 13.3 Å². The number of nitrogens with zero attached hydrogens (tertiary/aromatic N) is 3. The predicted molar refractivity (Wildman–Crippen MR) is 72.8 cm³/mol. The first-order valence-corrected chi connectivity index (χ1v) is 6.32. The molecule has 20 heavy (non-hydrogen) atoms. The highest BCUT2D eigenvalue weighted by Gasteiger charge is 2.27. The van der Waals surface area contributed by atoms with Gasteiger partial charge in [-0.2, -0.15) is 4.98 Å². The summed E-state index contributed by atoms with van der Waals surface area (Å²) in [6.45, 7) is 3.84. The lowest BCUT2D eigenvalue weighted by atomic mass is 9.98. The molecule has 1 unspecified atom stereocenters. The van der Waals surface area contributed by atoms with Crippen molar-refractivity contribution in [2.45, 2.75) is 32.2 Å². The number of rotatable bonds is 5. The van der Waals surface area contributed by atoms with Crippen LogP contribution in [0.1, 0.15) is 32.6 Å². The van der Waals surface area contributed by atoms with Crippen molar-refractivity contribution in [3.8, 4) is 11.4 Å². The Hall–Kier alpha value is -2.28. The third-order valence-corrected chi connectivity index (χ3v) is 3.00. The molecule has 0 saturated carbocycles. The molecular weight excluding hydrogens is 260 g/mol. The summed E-state index contributed by atoms with van der Waals surface area (Å²) in [6.07, 6.45) is 1.60. The van der Waals surface area contributed by atoms with E-state index in [1.807, 2.05) is 13.8 Å². The zero-order valence-corrected chi connectivity index (χ0v) is 11.4. The lowest BCUT2D eigenvalue weighted by molar-refractivity contribution is -0.384. The van der Waals surface area contributed by atoms with E-state index in [0.717, 1.165) is 6.42 Å². The summed E-state index contributed by atoms with van der Waals surface area (Å²) in [5.41, 5.74) is 5.93. The summed E-state index contributed by atoms with van der Waals surface area (Å²) in [5, 5.41) is 14.6. The molecule has 0 spiro atoms. The first-order valence-electron chi connectivity index (χ1n) is 6.32. The molecule has 106 valence electrons. The second kappa shape index (κ2) is 5.38. The van der Waals surface area contributed by atoms with Crippen LogP contribution in [-0.2, 0) is 5.54 Å². The number of non-ortho nitro benzene ring substituents is 1. The number of nitro groups is 1. The SMILES string of the molecule is CCCC(C)(N)c1nc(-c2cccc([N+](=O)[O-])c2)no1. The lowest BCUT2D eigenvalue weighted by Gasteiger charge is -2.18. The van der Waals surface area contributed by atoms with Crippen LogP contribution in [0.2, 0.25) is 0 Å². The maximum atomic E-state index is 10.8. The maximum absolute atomic E-state index is 10.8. The smallest absolute Gasteiger partial charge is 0.270 e. The third kappa shape index (κ3) is 2.83. The molecule has 1 aromatic heterocycles. The van der Waals surface area contributed by atoms with Gasteiger partial charge in [0, 0.05) is 17.7 Å². The van der Waals surface area contributed by atoms with Gasteiger partial charge in [0.25, 0.3) is 5.69 Å². The summed E-state index contributed by atoms with van der Waals surface area (Å²) >= 11 is 0. The topological polar surface area (TPSA) is 108 Å². The Morgan fingerprint density at radius 3 is 2.90 bits per heavy atom. The Morgan fingerprint density at radius 2 is 2.25 bits per heavy atom. The third-order valence-electron chi connectivity index (χ3n) is 3.00. The summed E-state index contributed by atoms with van der Waals surface area (Å²) in [7, 11) is 0. The molecule has 0 radical (unpaired) electrons. The minimum Gasteiger partial charge on any atom is -0.337 e. The molecule has 0 aliphatic heterocycles. The van der Waals surface area contributed by atoms with Crippen molar-refractivity contribution >= 4 is 5.69 Å². The fraction of sp³-hybridized carbons (Fsp3) is 0.385.